The van der Waals surface area contributed by atoms with Gasteiger partial charge in [-0.1, -0.05) is 36.4 Å². The van der Waals surface area contributed by atoms with Crippen molar-refractivity contribution in [1.29, 1.82) is 0 Å². The normalized spacial score (nSPS) is 13.1. The van der Waals surface area contributed by atoms with Gasteiger partial charge >= 0.3 is 0 Å². The van der Waals surface area contributed by atoms with Crippen LogP contribution in [0.1, 0.15) is 17.5 Å². The molecule has 0 saturated carbocycles. The first-order valence-electron chi connectivity index (χ1n) is 7.05. The lowest BCUT2D eigenvalue weighted by Crippen LogP contribution is -2.13. The molecule has 0 saturated heterocycles. The maximum absolute atomic E-state index is 3.55. The molecule has 1 N–H and O–H groups in total. The molecule has 2 heteroatoms. The molecule has 0 unspecified atom stereocenters. The number of para-hydroxylation sites is 2. The minimum absolute atomic E-state index is 1.06. The second-order valence-electron chi connectivity index (χ2n) is 5.48. The molecular formula is C18H20N2. The molecule has 3 rings (SSSR count). The van der Waals surface area contributed by atoms with E-state index in [1.165, 1.54) is 28.1 Å². The molecule has 2 aromatic carbocycles. The van der Waals surface area contributed by atoms with Gasteiger partial charge in [-0.3, -0.25) is 0 Å². The third-order valence-electron chi connectivity index (χ3n) is 3.66. The van der Waals surface area contributed by atoms with Gasteiger partial charge in [-0.15, -0.1) is 0 Å². The Balaban J connectivity index is 2.07. The highest BCUT2D eigenvalue weighted by Crippen LogP contribution is 2.35. The summed E-state index contributed by atoms with van der Waals surface area (Å²) in [6.45, 7) is 1.06. The van der Waals surface area contributed by atoms with Crippen molar-refractivity contribution in [2.45, 2.75) is 6.42 Å². The molecule has 1 heterocycles. The van der Waals surface area contributed by atoms with Crippen LogP contribution in [-0.2, 0) is 0 Å². The summed E-state index contributed by atoms with van der Waals surface area (Å²) in [6.07, 6.45) is 3.37. The molecule has 0 radical (unpaired) electrons. The third-order valence-corrected chi connectivity index (χ3v) is 3.66. The average Bonchev–Trinajstić information content (AvgIpc) is 2.61. The summed E-state index contributed by atoms with van der Waals surface area (Å²) in [4.78, 5) is 2.23. The molecule has 1 aliphatic heterocycles. The number of hydrogen-bond acceptors (Lipinski definition) is 2. The van der Waals surface area contributed by atoms with E-state index in [1.807, 2.05) is 0 Å². The summed E-state index contributed by atoms with van der Waals surface area (Å²) in [5.41, 5.74) is 6.34. The molecule has 0 aromatic heterocycles. The zero-order valence-electron chi connectivity index (χ0n) is 12.1. The van der Waals surface area contributed by atoms with Crippen molar-refractivity contribution in [2.75, 3.05) is 26.0 Å². The van der Waals surface area contributed by atoms with Gasteiger partial charge in [0.1, 0.15) is 0 Å². The van der Waals surface area contributed by atoms with Crippen molar-refractivity contribution in [3.63, 3.8) is 0 Å². The van der Waals surface area contributed by atoms with Crippen molar-refractivity contribution >= 4 is 23.0 Å². The minimum Gasteiger partial charge on any atom is -0.355 e. The number of hydrogen-bond donors (Lipinski definition) is 1. The van der Waals surface area contributed by atoms with E-state index in [-0.39, 0.29) is 0 Å². The van der Waals surface area contributed by atoms with Gasteiger partial charge in [0.2, 0.25) is 0 Å². The predicted molar refractivity (Wildman–Crippen MR) is 87.2 cm³/mol. The molecule has 1 aliphatic rings. The van der Waals surface area contributed by atoms with Gasteiger partial charge in [0.15, 0.2) is 0 Å². The van der Waals surface area contributed by atoms with Gasteiger partial charge in [-0.2, -0.15) is 0 Å². The fourth-order valence-electron chi connectivity index (χ4n) is 2.57. The zero-order valence-corrected chi connectivity index (χ0v) is 12.1. The quantitative estimate of drug-likeness (QED) is 0.892. The molecule has 0 spiro atoms. The highest BCUT2D eigenvalue weighted by molar-refractivity contribution is 5.94. The molecule has 2 aromatic rings. The number of benzene rings is 2. The third kappa shape index (κ3) is 2.61. The molecule has 0 amide bonds. The van der Waals surface area contributed by atoms with Gasteiger partial charge in [0.25, 0.3) is 0 Å². The van der Waals surface area contributed by atoms with Crippen molar-refractivity contribution < 1.29 is 0 Å². The fraction of sp³-hybridized carbons (Fsp3) is 0.222. The topological polar surface area (TPSA) is 15.3 Å². The van der Waals surface area contributed by atoms with E-state index in [4.69, 9.17) is 0 Å². The second-order valence-corrected chi connectivity index (χ2v) is 5.48. The zero-order chi connectivity index (χ0) is 13.9. The maximum atomic E-state index is 3.55. The fourth-order valence-corrected chi connectivity index (χ4v) is 2.57. The van der Waals surface area contributed by atoms with E-state index in [0.29, 0.717) is 0 Å². The van der Waals surface area contributed by atoms with Crippen molar-refractivity contribution in [2.24, 2.45) is 0 Å². The first-order valence-corrected chi connectivity index (χ1v) is 7.05. The maximum Gasteiger partial charge on any atom is 0.0460 e. The van der Waals surface area contributed by atoms with Gasteiger partial charge in [-0.25, -0.2) is 0 Å². The van der Waals surface area contributed by atoms with Crippen LogP contribution in [0.2, 0.25) is 0 Å². The summed E-state index contributed by atoms with van der Waals surface area (Å²) in [6, 6.07) is 17.0. The van der Waals surface area contributed by atoms with Gasteiger partial charge in [0.05, 0.1) is 0 Å². The first-order chi connectivity index (χ1) is 9.74. The monoisotopic (exact) mass is 264 g/mol. The summed E-state index contributed by atoms with van der Waals surface area (Å²) in [5, 5.41) is 3.55. The summed E-state index contributed by atoms with van der Waals surface area (Å²) in [7, 11) is 4.24. The van der Waals surface area contributed by atoms with Crippen molar-refractivity contribution in [1.82, 2.24) is 4.90 Å². The summed E-state index contributed by atoms with van der Waals surface area (Å²) < 4.78 is 0. The molecule has 20 heavy (non-hydrogen) atoms. The van der Waals surface area contributed by atoms with Crippen LogP contribution < -0.4 is 5.32 Å². The Morgan fingerprint density at radius 2 is 1.60 bits per heavy atom. The van der Waals surface area contributed by atoms with E-state index in [0.717, 1.165) is 13.0 Å². The Morgan fingerprint density at radius 3 is 2.40 bits per heavy atom. The molecule has 0 aliphatic carbocycles. The number of nitrogens with one attached hydrogen (secondary N) is 1. The number of anilines is 2. The van der Waals surface area contributed by atoms with Crippen LogP contribution in [0.25, 0.3) is 11.6 Å². The molecule has 0 fully saturated rings. The lowest BCUT2D eigenvalue weighted by Gasteiger charge is -2.14. The Morgan fingerprint density at radius 1 is 0.900 bits per heavy atom. The van der Waals surface area contributed by atoms with Crippen LogP contribution in [-0.4, -0.2) is 25.5 Å². The van der Waals surface area contributed by atoms with E-state index in [2.05, 4.69) is 78.9 Å². The Kier molecular flexibility index (Phi) is 3.57. The molecular weight excluding hydrogens is 244 g/mol. The molecule has 102 valence electrons. The SMILES string of the molecule is CN(C)CCC1=Cc2ccccc2Nc2ccccc21. The van der Waals surface area contributed by atoms with Crippen LogP contribution in [0.15, 0.2) is 48.5 Å². The summed E-state index contributed by atoms with van der Waals surface area (Å²) in [5.74, 6) is 0. The molecule has 2 nitrogen and oxygen atoms in total. The standard InChI is InChI=1S/C18H20N2/c1-20(2)12-11-14-13-15-7-3-5-9-17(15)19-18-10-6-4-8-16(14)18/h3-10,13,19H,11-12H2,1-2H3. The highest BCUT2D eigenvalue weighted by Gasteiger charge is 2.13. The molecule has 0 bridgehead atoms. The van der Waals surface area contributed by atoms with Crippen molar-refractivity contribution in [3.8, 4) is 0 Å². The average molecular weight is 264 g/mol. The Bertz CT molecular complexity index is 641. The molecule has 0 atom stereocenters. The number of rotatable bonds is 3. The van der Waals surface area contributed by atoms with Gasteiger partial charge < -0.3 is 10.2 Å². The van der Waals surface area contributed by atoms with Crippen LogP contribution in [0.4, 0.5) is 11.4 Å². The number of nitrogens with zero attached hydrogens (tertiary/aromatic N) is 1. The van der Waals surface area contributed by atoms with Crippen LogP contribution in [0, 0.1) is 0 Å². The van der Waals surface area contributed by atoms with E-state index in [9.17, 15) is 0 Å². The highest BCUT2D eigenvalue weighted by atomic mass is 15.0. The van der Waals surface area contributed by atoms with Gasteiger partial charge in [-0.05, 0) is 49.9 Å². The van der Waals surface area contributed by atoms with E-state index in [1.54, 1.807) is 0 Å². The number of fused-ring (bicyclic) bond motifs is 2. The summed E-state index contributed by atoms with van der Waals surface area (Å²) >= 11 is 0. The Labute approximate surface area is 120 Å². The second kappa shape index (κ2) is 5.51. The lowest BCUT2D eigenvalue weighted by molar-refractivity contribution is 0.420. The lowest BCUT2D eigenvalue weighted by atomic mass is 9.99. The van der Waals surface area contributed by atoms with Crippen LogP contribution >= 0.6 is 0 Å². The largest absolute Gasteiger partial charge is 0.355 e. The van der Waals surface area contributed by atoms with E-state index < -0.39 is 0 Å². The van der Waals surface area contributed by atoms with Gasteiger partial charge in [0, 0.05) is 23.5 Å². The van der Waals surface area contributed by atoms with Crippen molar-refractivity contribution in [3.05, 3.63) is 59.7 Å². The first kappa shape index (κ1) is 12.9. The van der Waals surface area contributed by atoms with Crippen LogP contribution in [0.5, 0.6) is 0 Å². The predicted octanol–water partition coefficient (Wildman–Crippen LogP) is 4.24. The van der Waals surface area contributed by atoms with E-state index >= 15 is 0 Å². The smallest absolute Gasteiger partial charge is 0.0460 e. The minimum atomic E-state index is 1.06. The Hall–Kier alpha value is -2.06. The van der Waals surface area contributed by atoms with Crippen LogP contribution in [0.3, 0.4) is 0 Å².